The summed E-state index contributed by atoms with van der Waals surface area (Å²) in [5, 5.41) is 12.2. The van der Waals surface area contributed by atoms with Gasteiger partial charge in [0.2, 0.25) is 0 Å². The van der Waals surface area contributed by atoms with E-state index in [4.69, 9.17) is 5.11 Å². The van der Waals surface area contributed by atoms with Crippen LogP contribution in [-0.2, 0) is 0 Å². The molecule has 0 radical (unpaired) electrons. The van der Waals surface area contributed by atoms with Gasteiger partial charge in [0.1, 0.15) is 0 Å². The normalized spacial score (nSPS) is 28.8. The summed E-state index contributed by atoms with van der Waals surface area (Å²) in [6.45, 7) is 10.1. The quantitative estimate of drug-likeness (QED) is 0.701. The van der Waals surface area contributed by atoms with Crippen molar-refractivity contribution < 1.29 is 9.90 Å². The number of carbonyl (C=O) groups is 1. The highest BCUT2D eigenvalue weighted by Gasteiger charge is 2.26. The summed E-state index contributed by atoms with van der Waals surface area (Å²) in [5.74, 6) is 1.63. The van der Waals surface area contributed by atoms with Crippen molar-refractivity contribution in [2.75, 3.05) is 39.3 Å². The number of rotatable bonds is 7. The summed E-state index contributed by atoms with van der Waals surface area (Å²) in [4.78, 5) is 16.9. The van der Waals surface area contributed by atoms with Gasteiger partial charge in [0, 0.05) is 38.8 Å². The number of piperidine rings is 2. The number of aliphatic hydroxyl groups is 1. The molecule has 2 rings (SSSR count). The molecular weight excluding hydrogens is 302 g/mol. The number of hydrogen-bond acceptors (Lipinski definition) is 3. The average Bonchev–Trinajstić information content (AvgIpc) is 2.54. The summed E-state index contributed by atoms with van der Waals surface area (Å²) < 4.78 is 0. The van der Waals surface area contributed by atoms with E-state index in [-0.39, 0.29) is 18.7 Å². The molecule has 0 bridgehead atoms. The monoisotopic (exact) mass is 339 g/mol. The first-order valence-electron chi connectivity index (χ1n) is 9.97. The number of hydrogen-bond donors (Lipinski definition) is 2. The van der Waals surface area contributed by atoms with Gasteiger partial charge < -0.3 is 20.2 Å². The molecule has 5 heteroatoms. The summed E-state index contributed by atoms with van der Waals surface area (Å²) in [6.07, 6.45) is 7.54. The van der Waals surface area contributed by atoms with Crippen molar-refractivity contribution in [1.82, 2.24) is 15.1 Å². The fraction of sp³-hybridized carbons (Fsp3) is 0.947. The third kappa shape index (κ3) is 6.25. The van der Waals surface area contributed by atoms with Crippen molar-refractivity contribution in [3.63, 3.8) is 0 Å². The van der Waals surface area contributed by atoms with Crippen LogP contribution in [0.15, 0.2) is 0 Å². The molecule has 0 aromatic rings. The smallest absolute Gasteiger partial charge is 0.317 e. The highest BCUT2D eigenvalue weighted by Crippen LogP contribution is 2.21. The molecule has 140 valence electrons. The van der Waals surface area contributed by atoms with E-state index in [2.05, 4.69) is 24.1 Å². The van der Waals surface area contributed by atoms with E-state index < -0.39 is 0 Å². The molecule has 0 aliphatic carbocycles. The molecule has 24 heavy (non-hydrogen) atoms. The number of urea groups is 1. The van der Waals surface area contributed by atoms with Crippen LogP contribution in [0.25, 0.3) is 0 Å². The third-order valence-electron chi connectivity index (χ3n) is 5.47. The van der Waals surface area contributed by atoms with Gasteiger partial charge in [0.05, 0.1) is 0 Å². The lowest BCUT2D eigenvalue weighted by Crippen LogP contribution is -2.49. The minimum absolute atomic E-state index is 0.0633. The minimum Gasteiger partial charge on any atom is -0.396 e. The zero-order chi connectivity index (χ0) is 17.4. The maximum Gasteiger partial charge on any atom is 0.317 e. The van der Waals surface area contributed by atoms with Gasteiger partial charge in [-0.25, -0.2) is 4.79 Å². The first kappa shape index (κ1) is 19.5. The van der Waals surface area contributed by atoms with Crippen LogP contribution < -0.4 is 5.32 Å². The predicted octanol–water partition coefficient (Wildman–Crippen LogP) is 2.69. The molecule has 0 spiro atoms. The maximum atomic E-state index is 12.4. The lowest BCUT2D eigenvalue weighted by Gasteiger charge is -2.35. The molecule has 3 unspecified atom stereocenters. The number of amides is 2. The molecule has 2 N–H and O–H groups in total. The molecule has 2 amide bonds. The van der Waals surface area contributed by atoms with Crippen LogP contribution in [0.1, 0.15) is 58.8 Å². The van der Waals surface area contributed by atoms with Gasteiger partial charge >= 0.3 is 6.03 Å². The Kier molecular flexibility index (Phi) is 8.33. The van der Waals surface area contributed by atoms with E-state index in [9.17, 15) is 4.79 Å². The van der Waals surface area contributed by atoms with Crippen molar-refractivity contribution in [3.8, 4) is 0 Å². The Hall–Kier alpha value is -0.810. The Morgan fingerprint density at radius 3 is 2.62 bits per heavy atom. The van der Waals surface area contributed by atoms with Gasteiger partial charge in [-0.3, -0.25) is 0 Å². The first-order valence-corrected chi connectivity index (χ1v) is 9.97. The van der Waals surface area contributed by atoms with E-state index in [1.807, 2.05) is 4.90 Å². The molecule has 2 fully saturated rings. The van der Waals surface area contributed by atoms with Crippen LogP contribution >= 0.6 is 0 Å². The zero-order valence-electron chi connectivity index (χ0n) is 15.7. The number of carbonyl (C=O) groups excluding carboxylic acids is 1. The van der Waals surface area contributed by atoms with Gasteiger partial charge in [0.15, 0.2) is 0 Å². The van der Waals surface area contributed by atoms with E-state index >= 15 is 0 Å². The minimum atomic E-state index is 0.0633. The molecule has 0 aromatic heterocycles. The molecule has 3 atom stereocenters. The van der Waals surface area contributed by atoms with Gasteiger partial charge in [-0.1, -0.05) is 13.8 Å². The van der Waals surface area contributed by atoms with E-state index in [0.29, 0.717) is 6.42 Å². The molecule has 0 saturated carbocycles. The summed E-state index contributed by atoms with van der Waals surface area (Å²) in [6, 6.07) is 0.286. The Balaban J connectivity index is 1.60. The van der Waals surface area contributed by atoms with E-state index in [1.54, 1.807) is 0 Å². The Bertz CT molecular complexity index is 366. The molecule has 2 heterocycles. The topological polar surface area (TPSA) is 55.8 Å². The van der Waals surface area contributed by atoms with Crippen LogP contribution in [0.5, 0.6) is 0 Å². The van der Waals surface area contributed by atoms with E-state index in [1.165, 1.54) is 25.9 Å². The van der Waals surface area contributed by atoms with Crippen molar-refractivity contribution in [2.45, 2.75) is 64.8 Å². The highest BCUT2D eigenvalue weighted by molar-refractivity contribution is 5.74. The average molecular weight is 340 g/mol. The fourth-order valence-corrected chi connectivity index (χ4v) is 4.45. The first-order chi connectivity index (χ1) is 11.6. The largest absolute Gasteiger partial charge is 0.396 e. The summed E-state index contributed by atoms with van der Waals surface area (Å²) in [5.41, 5.74) is 0. The number of nitrogens with zero attached hydrogens (tertiary/aromatic N) is 2. The molecule has 2 aliphatic heterocycles. The van der Waals surface area contributed by atoms with Gasteiger partial charge in [0.25, 0.3) is 0 Å². The Morgan fingerprint density at radius 2 is 1.92 bits per heavy atom. The maximum absolute atomic E-state index is 12.4. The van der Waals surface area contributed by atoms with Crippen molar-refractivity contribution >= 4 is 6.03 Å². The molecule has 2 saturated heterocycles. The second-order valence-electron chi connectivity index (χ2n) is 8.00. The highest BCUT2D eigenvalue weighted by atomic mass is 16.3. The van der Waals surface area contributed by atoms with Crippen LogP contribution in [0.4, 0.5) is 4.79 Å². The van der Waals surface area contributed by atoms with Crippen LogP contribution in [0.2, 0.25) is 0 Å². The standard InChI is InChI=1S/C19H37N3O2/c1-16-13-17(2)15-21(14-16)10-6-4-9-20-19(24)22-11-5-3-7-18(22)8-12-23/h16-18,23H,3-15H2,1-2H3,(H,20,24). The summed E-state index contributed by atoms with van der Waals surface area (Å²) >= 11 is 0. The molecule has 0 aromatic carbocycles. The van der Waals surface area contributed by atoms with Gasteiger partial charge in [-0.2, -0.15) is 0 Å². The van der Waals surface area contributed by atoms with Crippen molar-refractivity contribution in [1.29, 1.82) is 0 Å². The number of unbranched alkanes of at least 4 members (excludes halogenated alkanes) is 1. The SMILES string of the molecule is CC1CC(C)CN(CCCCNC(=O)N2CCCCC2CCO)C1. The van der Waals surface area contributed by atoms with E-state index in [0.717, 1.165) is 57.2 Å². The lowest BCUT2D eigenvalue weighted by atomic mass is 9.92. The lowest BCUT2D eigenvalue weighted by molar-refractivity contribution is 0.130. The van der Waals surface area contributed by atoms with Gasteiger partial charge in [-0.05, 0) is 63.3 Å². The van der Waals surface area contributed by atoms with Crippen LogP contribution in [0.3, 0.4) is 0 Å². The second-order valence-corrected chi connectivity index (χ2v) is 8.00. The van der Waals surface area contributed by atoms with Crippen molar-refractivity contribution in [2.24, 2.45) is 11.8 Å². The number of nitrogens with one attached hydrogen (secondary N) is 1. The zero-order valence-corrected chi connectivity index (χ0v) is 15.7. The van der Waals surface area contributed by atoms with Crippen molar-refractivity contribution in [3.05, 3.63) is 0 Å². The Labute approximate surface area is 147 Å². The Morgan fingerprint density at radius 1 is 1.17 bits per heavy atom. The van der Waals surface area contributed by atoms with Gasteiger partial charge in [-0.15, -0.1) is 0 Å². The predicted molar refractivity (Wildman–Crippen MR) is 98.1 cm³/mol. The molecule has 2 aliphatic rings. The third-order valence-corrected chi connectivity index (χ3v) is 5.47. The number of aliphatic hydroxyl groups excluding tert-OH is 1. The second kappa shape index (κ2) is 10.2. The van der Waals surface area contributed by atoms with Crippen LogP contribution in [-0.4, -0.2) is 66.3 Å². The molecule has 5 nitrogen and oxygen atoms in total. The summed E-state index contributed by atoms with van der Waals surface area (Å²) in [7, 11) is 0. The molecular formula is C19H37N3O2. The fourth-order valence-electron chi connectivity index (χ4n) is 4.45. The van der Waals surface area contributed by atoms with Crippen LogP contribution in [0, 0.1) is 11.8 Å². The number of likely N-dealkylation sites (tertiary alicyclic amines) is 2.